The van der Waals surface area contributed by atoms with E-state index in [0.29, 0.717) is 5.92 Å². The molecule has 1 atom stereocenters. The molecular weight excluding hydrogens is 358 g/mol. The van der Waals surface area contributed by atoms with Crippen molar-refractivity contribution in [2.24, 2.45) is 0 Å². The van der Waals surface area contributed by atoms with Crippen LogP contribution >= 0.6 is 11.3 Å². The van der Waals surface area contributed by atoms with Crippen LogP contribution in [0.25, 0.3) is 0 Å². The molecule has 0 aromatic carbocycles. The molecular formula is C20H29N5OS. The second-order valence-corrected chi connectivity index (χ2v) is 8.96. The molecule has 0 radical (unpaired) electrons. The Labute approximate surface area is 165 Å². The molecule has 1 amide bonds. The molecule has 146 valence electrons. The highest BCUT2D eigenvalue weighted by Gasteiger charge is 2.40. The van der Waals surface area contributed by atoms with Crippen LogP contribution in [0.1, 0.15) is 57.0 Å². The van der Waals surface area contributed by atoms with E-state index in [4.69, 9.17) is 0 Å². The normalized spacial score (nSPS) is 21.7. The van der Waals surface area contributed by atoms with Gasteiger partial charge in [0.05, 0.1) is 23.3 Å². The topological polar surface area (TPSA) is 54.3 Å². The number of aromatic nitrogens is 3. The minimum atomic E-state index is -0.408. The van der Waals surface area contributed by atoms with Crippen molar-refractivity contribution in [1.29, 1.82) is 0 Å². The first-order valence-electron chi connectivity index (χ1n) is 9.98. The molecule has 0 aliphatic carbocycles. The number of carbonyl (C=O) groups excluding carboxylic acids is 1. The zero-order valence-electron chi connectivity index (χ0n) is 16.3. The number of amides is 1. The first-order chi connectivity index (χ1) is 13.1. The quantitative estimate of drug-likeness (QED) is 0.791. The second kappa shape index (κ2) is 7.72. The van der Waals surface area contributed by atoms with Gasteiger partial charge in [-0.1, -0.05) is 0 Å². The molecule has 2 aliphatic heterocycles. The molecule has 2 saturated heterocycles. The molecule has 2 fully saturated rings. The highest BCUT2D eigenvalue weighted by Crippen LogP contribution is 2.30. The Hall–Kier alpha value is -1.73. The highest BCUT2D eigenvalue weighted by molar-refractivity contribution is 7.07. The van der Waals surface area contributed by atoms with Crippen LogP contribution in [0.2, 0.25) is 0 Å². The van der Waals surface area contributed by atoms with Gasteiger partial charge in [0.1, 0.15) is 5.82 Å². The Morgan fingerprint density at radius 2 is 2.04 bits per heavy atom. The minimum Gasteiger partial charge on any atom is -0.340 e. The summed E-state index contributed by atoms with van der Waals surface area (Å²) < 4.78 is 2.19. The van der Waals surface area contributed by atoms with Crippen LogP contribution in [0.3, 0.4) is 0 Å². The third-order valence-corrected chi connectivity index (χ3v) is 6.69. The number of hydrogen-bond donors (Lipinski definition) is 0. The largest absolute Gasteiger partial charge is 0.340 e. The zero-order chi connectivity index (χ0) is 18.9. The first-order valence-corrected chi connectivity index (χ1v) is 10.9. The fraction of sp³-hybridized carbons (Fsp3) is 0.650. The number of thiazole rings is 1. The number of imidazole rings is 1. The maximum atomic E-state index is 13.3. The number of hydrogen-bond acceptors (Lipinski definition) is 5. The predicted molar refractivity (Wildman–Crippen MR) is 107 cm³/mol. The van der Waals surface area contributed by atoms with E-state index in [1.54, 1.807) is 11.3 Å². The molecule has 0 spiro atoms. The van der Waals surface area contributed by atoms with E-state index in [1.165, 1.54) is 12.8 Å². The standard InChI is InChI=1S/C20H29N5OS/c1-20(2,25-9-3-4-10-25)19(26)24-8-5-6-16(12-24)18-21-7-11-23(18)13-17-14-27-15-22-17/h7,11,14-16H,3-6,8-10,12-13H2,1-2H3/t16-/m0/s1. The van der Waals surface area contributed by atoms with Crippen molar-refractivity contribution in [2.75, 3.05) is 26.2 Å². The van der Waals surface area contributed by atoms with Crippen LogP contribution in [0.15, 0.2) is 23.3 Å². The van der Waals surface area contributed by atoms with Gasteiger partial charge in [-0.05, 0) is 52.6 Å². The number of carbonyl (C=O) groups is 1. The van der Waals surface area contributed by atoms with E-state index < -0.39 is 5.54 Å². The van der Waals surface area contributed by atoms with E-state index in [1.807, 2.05) is 17.9 Å². The summed E-state index contributed by atoms with van der Waals surface area (Å²) in [5.41, 5.74) is 2.53. The smallest absolute Gasteiger partial charge is 0.242 e. The third kappa shape index (κ3) is 3.80. The molecule has 7 heteroatoms. The van der Waals surface area contributed by atoms with Crippen LogP contribution in [0.4, 0.5) is 0 Å². The van der Waals surface area contributed by atoms with E-state index in [0.717, 1.165) is 57.1 Å². The summed E-state index contributed by atoms with van der Waals surface area (Å²) in [5.74, 6) is 1.65. The van der Waals surface area contributed by atoms with Gasteiger partial charge >= 0.3 is 0 Å². The highest BCUT2D eigenvalue weighted by atomic mass is 32.1. The lowest BCUT2D eigenvalue weighted by molar-refractivity contribution is -0.143. The van der Waals surface area contributed by atoms with Gasteiger partial charge in [-0.25, -0.2) is 9.97 Å². The van der Waals surface area contributed by atoms with Crippen LogP contribution < -0.4 is 0 Å². The minimum absolute atomic E-state index is 0.270. The maximum Gasteiger partial charge on any atom is 0.242 e. The van der Waals surface area contributed by atoms with E-state index in [9.17, 15) is 4.79 Å². The molecule has 0 bridgehead atoms. The molecule has 2 aliphatic rings. The van der Waals surface area contributed by atoms with Gasteiger partial charge < -0.3 is 9.47 Å². The maximum absolute atomic E-state index is 13.3. The van der Waals surface area contributed by atoms with Gasteiger partial charge in [-0.15, -0.1) is 11.3 Å². The molecule has 6 nitrogen and oxygen atoms in total. The van der Waals surface area contributed by atoms with Gasteiger partial charge in [0, 0.05) is 36.8 Å². The zero-order valence-corrected chi connectivity index (χ0v) is 17.1. The molecule has 0 N–H and O–H groups in total. The van der Waals surface area contributed by atoms with Crippen molar-refractivity contribution in [2.45, 2.75) is 57.5 Å². The van der Waals surface area contributed by atoms with Crippen LogP contribution in [0, 0.1) is 0 Å². The van der Waals surface area contributed by atoms with Crippen LogP contribution in [0.5, 0.6) is 0 Å². The van der Waals surface area contributed by atoms with Gasteiger partial charge in [0.15, 0.2) is 0 Å². The Morgan fingerprint density at radius 1 is 1.22 bits per heavy atom. The monoisotopic (exact) mass is 387 g/mol. The van der Waals surface area contributed by atoms with Crippen LogP contribution in [-0.4, -0.2) is 62.0 Å². The van der Waals surface area contributed by atoms with Gasteiger partial charge in [-0.2, -0.15) is 0 Å². The van der Waals surface area contributed by atoms with E-state index >= 15 is 0 Å². The van der Waals surface area contributed by atoms with Crippen molar-refractivity contribution in [3.05, 3.63) is 34.8 Å². The molecule has 2 aromatic rings. The number of likely N-dealkylation sites (tertiary alicyclic amines) is 2. The Kier molecular flexibility index (Phi) is 5.32. The Bertz CT molecular complexity index is 763. The summed E-state index contributed by atoms with van der Waals surface area (Å²) >= 11 is 1.62. The van der Waals surface area contributed by atoms with Gasteiger partial charge in [0.2, 0.25) is 5.91 Å². The van der Waals surface area contributed by atoms with Crippen molar-refractivity contribution in [3.8, 4) is 0 Å². The molecule has 27 heavy (non-hydrogen) atoms. The van der Waals surface area contributed by atoms with Crippen molar-refractivity contribution in [1.82, 2.24) is 24.3 Å². The van der Waals surface area contributed by atoms with E-state index in [2.05, 4.69) is 43.6 Å². The lowest BCUT2D eigenvalue weighted by Crippen LogP contribution is -2.56. The first kappa shape index (κ1) is 18.6. The summed E-state index contributed by atoms with van der Waals surface area (Å²) in [6.07, 6.45) is 8.43. The SMILES string of the molecule is CC(C)(C(=O)N1CCC[C@H](c2nccn2Cc2cscn2)C1)N1CCCC1. The fourth-order valence-electron chi connectivity index (χ4n) is 4.48. The lowest BCUT2D eigenvalue weighted by atomic mass is 9.93. The van der Waals surface area contributed by atoms with Crippen molar-refractivity contribution < 1.29 is 4.79 Å². The van der Waals surface area contributed by atoms with E-state index in [-0.39, 0.29) is 5.91 Å². The fourth-order valence-corrected chi connectivity index (χ4v) is 5.02. The van der Waals surface area contributed by atoms with Crippen molar-refractivity contribution in [3.63, 3.8) is 0 Å². The molecule has 0 unspecified atom stereocenters. The lowest BCUT2D eigenvalue weighted by Gasteiger charge is -2.41. The molecule has 4 rings (SSSR count). The second-order valence-electron chi connectivity index (χ2n) is 8.24. The summed E-state index contributed by atoms with van der Waals surface area (Å²) in [7, 11) is 0. The molecule has 4 heterocycles. The Balaban J connectivity index is 1.47. The molecule has 2 aromatic heterocycles. The predicted octanol–water partition coefficient (Wildman–Crippen LogP) is 2.97. The third-order valence-electron chi connectivity index (χ3n) is 6.06. The number of nitrogens with zero attached hydrogens (tertiary/aromatic N) is 5. The van der Waals surface area contributed by atoms with Gasteiger partial charge in [0.25, 0.3) is 0 Å². The summed E-state index contributed by atoms with van der Waals surface area (Å²) in [6, 6.07) is 0. The van der Waals surface area contributed by atoms with Gasteiger partial charge in [-0.3, -0.25) is 9.69 Å². The van der Waals surface area contributed by atoms with Crippen molar-refractivity contribution >= 4 is 17.2 Å². The summed E-state index contributed by atoms with van der Waals surface area (Å²) in [6.45, 7) is 8.63. The average molecular weight is 388 g/mol. The Morgan fingerprint density at radius 3 is 2.78 bits per heavy atom. The van der Waals surface area contributed by atoms with Crippen LogP contribution in [-0.2, 0) is 11.3 Å². The number of piperidine rings is 1. The average Bonchev–Trinajstić information content (AvgIpc) is 3.44. The molecule has 0 saturated carbocycles. The summed E-state index contributed by atoms with van der Waals surface area (Å²) in [5, 5.41) is 2.08. The number of rotatable bonds is 5. The summed E-state index contributed by atoms with van der Waals surface area (Å²) in [4.78, 5) is 26.8.